The molecule has 1 aromatic rings. The summed E-state index contributed by atoms with van der Waals surface area (Å²) >= 11 is 5.46. The number of nitrogens with one attached hydrogen (secondary N) is 1. The lowest BCUT2D eigenvalue weighted by Gasteiger charge is -2.11. The monoisotopic (exact) mass is 383 g/mol. The Bertz CT molecular complexity index is 370. The van der Waals surface area contributed by atoms with E-state index in [2.05, 4.69) is 43.8 Å². The van der Waals surface area contributed by atoms with Gasteiger partial charge in [-0.15, -0.1) is 0 Å². The van der Waals surface area contributed by atoms with Crippen LogP contribution in [-0.2, 0) is 0 Å². The third kappa shape index (κ3) is 3.73. The van der Waals surface area contributed by atoms with Gasteiger partial charge in [-0.2, -0.15) is 0 Å². The minimum atomic E-state index is -0.234. The number of benzene rings is 1. The molecule has 0 aliphatic heterocycles. The first-order chi connectivity index (χ1) is 7.04. The highest BCUT2D eigenvalue weighted by Gasteiger charge is 2.12. The highest BCUT2D eigenvalue weighted by atomic mass is 127. The van der Waals surface area contributed by atoms with Gasteiger partial charge in [-0.1, -0.05) is 0 Å². The van der Waals surface area contributed by atoms with Crippen molar-refractivity contribution in [1.82, 2.24) is 5.32 Å². The summed E-state index contributed by atoms with van der Waals surface area (Å²) in [4.78, 5) is 11.7. The Morgan fingerprint density at radius 1 is 1.67 bits per heavy atom. The van der Waals surface area contributed by atoms with E-state index in [1.807, 2.05) is 12.1 Å². The van der Waals surface area contributed by atoms with Crippen molar-refractivity contribution in [2.24, 2.45) is 0 Å². The van der Waals surface area contributed by atoms with Gasteiger partial charge in [0.1, 0.15) is 0 Å². The zero-order valence-corrected chi connectivity index (χ0v) is 11.9. The minimum Gasteiger partial charge on any atom is -0.394 e. The fourth-order valence-corrected chi connectivity index (χ4v) is 1.94. The maximum absolute atomic E-state index is 11.7. The normalized spacial score (nSPS) is 12.3. The lowest BCUT2D eigenvalue weighted by atomic mass is 10.2. The van der Waals surface area contributed by atoms with Crippen LogP contribution < -0.4 is 5.32 Å². The first-order valence-corrected chi connectivity index (χ1v) is 6.28. The molecule has 82 valence electrons. The zero-order valence-electron chi connectivity index (χ0n) is 8.13. The molecule has 1 amide bonds. The number of aliphatic hydroxyl groups excluding tert-OH is 1. The van der Waals surface area contributed by atoms with E-state index in [9.17, 15) is 4.79 Å². The lowest BCUT2D eigenvalue weighted by molar-refractivity contribution is 0.0921. The topological polar surface area (TPSA) is 49.3 Å². The first-order valence-electron chi connectivity index (χ1n) is 4.41. The average molecular weight is 384 g/mol. The second kappa shape index (κ2) is 5.81. The summed E-state index contributed by atoms with van der Waals surface area (Å²) in [5.74, 6) is -0.179. The highest BCUT2D eigenvalue weighted by molar-refractivity contribution is 14.1. The molecule has 0 aliphatic carbocycles. The van der Waals surface area contributed by atoms with Gasteiger partial charge < -0.3 is 10.4 Å². The van der Waals surface area contributed by atoms with Crippen LogP contribution in [0.2, 0.25) is 0 Å². The van der Waals surface area contributed by atoms with Gasteiger partial charge in [-0.25, -0.2) is 0 Å². The number of amides is 1. The SMILES string of the molecule is CC(CO)NC(=O)c1cc(I)ccc1Br. The summed E-state index contributed by atoms with van der Waals surface area (Å²) in [6, 6.07) is 5.31. The van der Waals surface area contributed by atoms with E-state index in [0.29, 0.717) is 5.56 Å². The second-order valence-corrected chi connectivity index (χ2v) is 5.28. The number of hydrogen-bond donors (Lipinski definition) is 2. The van der Waals surface area contributed by atoms with E-state index in [1.54, 1.807) is 13.0 Å². The fraction of sp³-hybridized carbons (Fsp3) is 0.300. The Balaban J connectivity index is 2.86. The molecule has 1 rings (SSSR count). The van der Waals surface area contributed by atoms with E-state index < -0.39 is 0 Å². The Kier molecular flexibility index (Phi) is 5.01. The smallest absolute Gasteiger partial charge is 0.252 e. The molecule has 0 aliphatic rings. The summed E-state index contributed by atoms with van der Waals surface area (Å²) in [5, 5.41) is 11.5. The molecule has 15 heavy (non-hydrogen) atoms. The van der Waals surface area contributed by atoms with E-state index in [1.165, 1.54) is 0 Å². The summed E-state index contributed by atoms with van der Waals surface area (Å²) in [6.07, 6.45) is 0. The van der Waals surface area contributed by atoms with Gasteiger partial charge in [0.25, 0.3) is 5.91 Å². The molecule has 0 spiro atoms. The number of rotatable bonds is 3. The fourth-order valence-electron chi connectivity index (χ4n) is 1.02. The van der Waals surface area contributed by atoms with Gasteiger partial charge in [-0.3, -0.25) is 4.79 Å². The molecule has 0 fully saturated rings. The minimum absolute atomic E-state index is 0.0622. The Labute approximate surface area is 111 Å². The van der Waals surface area contributed by atoms with Crippen molar-refractivity contribution in [3.05, 3.63) is 31.8 Å². The predicted molar refractivity (Wildman–Crippen MR) is 70.9 cm³/mol. The molecule has 0 bridgehead atoms. The maximum Gasteiger partial charge on any atom is 0.252 e. The van der Waals surface area contributed by atoms with Gasteiger partial charge in [0.05, 0.1) is 12.2 Å². The average Bonchev–Trinajstić information content (AvgIpc) is 2.21. The summed E-state index contributed by atoms with van der Waals surface area (Å²) < 4.78 is 1.75. The van der Waals surface area contributed by atoms with Crippen molar-refractivity contribution < 1.29 is 9.90 Å². The molecule has 1 aromatic carbocycles. The number of halogens is 2. The van der Waals surface area contributed by atoms with Gasteiger partial charge in [-0.05, 0) is 63.6 Å². The Morgan fingerprint density at radius 3 is 2.93 bits per heavy atom. The Hall–Kier alpha value is -0.140. The molecule has 5 heteroatoms. The second-order valence-electron chi connectivity index (χ2n) is 3.18. The van der Waals surface area contributed by atoms with E-state index in [4.69, 9.17) is 5.11 Å². The van der Waals surface area contributed by atoms with E-state index in [0.717, 1.165) is 8.04 Å². The van der Waals surface area contributed by atoms with Crippen molar-refractivity contribution >= 4 is 44.4 Å². The largest absolute Gasteiger partial charge is 0.394 e. The molecular weight excluding hydrogens is 373 g/mol. The molecule has 0 saturated carbocycles. The van der Waals surface area contributed by atoms with Crippen LogP contribution in [0.4, 0.5) is 0 Å². The van der Waals surface area contributed by atoms with Crippen LogP contribution in [0, 0.1) is 3.57 Å². The quantitative estimate of drug-likeness (QED) is 0.786. The van der Waals surface area contributed by atoms with Crippen molar-refractivity contribution in [3.8, 4) is 0 Å². The lowest BCUT2D eigenvalue weighted by Crippen LogP contribution is -2.35. The number of hydrogen-bond acceptors (Lipinski definition) is 2. The molecule has 1 atom stereocenters. The summed E-state index contributed by atoms with van der Waals surface area (Å²) in [5.41, 5.74) is 0.585. The van der Waals surface area contributed by atoms with Crippen molar-refractivity contribution in [1.29, 1.82) is 0 Å². The van der Waals surface area contributed by atoms with E-state index in [-0.39, 0.29) is 18.6 Å². The predicted octanol–water partition coefficient (Wildman–Crippen LogP) is 2.16. The van der Waals surface area contributed by atoms with Gasteiger partial charge >= 0.3 is 0 Å². The van der Waals surface area contributed by atoms with Gasteiger partial charge in [0.15, 0.2) is 0 Å². The number of aliphatic hydroxyl groups is 1. The highest BCUT2D eigenvalue weighted by Crippen LogP contribution is 2.19. The molecule has 0 aromatic heterocycles. The maximum atomic E-state index is 11.7. The van der Waals surface area contributed by atoms with Crippen LogP contribution in [0.5, 0.6) is 0 Å². The third-order valence-corrected chi connectivity index (χ3v) is 3.19. The number of carbonyl (C=O) groups excluding carboxylic acids is 1. The first kappa shape index (κ1) is 12.9. The van der Waals surface area contributed by atoms with Crippen LogP contribution in [0.1, 0.15) is 17.3 Å². The van der Waals surface area contributed by atoms with Crippen LogP contribution in [0.15, 0.2) is 22.7 Å². The van der Waals surface area contributed by atoms with Crippen molar-refractivity contribution in [2.75, 3.05) is 6.61 Å². The molecular formula is C10H11BrINO2. The summed E-state index contributed by atoms with van der Waals surface area (Å²) in [7, 11) is 0. The van der Waals surface area contributed by atoms with Crippen molar-refractivity contribution in [3.63, 3.8) is 0 Å². The summed E-state index contributed by atoms with van der Waals surface area (Å²) in [6.45, 7) is 1.69. The molecule has 3 nitrogen and oxygen atoms in total. The van der Waals surface area contributed by atoms with E-state index >= 15 is 0 Å². The van der Waals surface area contributed by atoms with Crippen LogP contribution in [-0.4, -0.2) is 23.7 Å². The van der Waals surface area contributed by atoms with Gasteiger partial charge in [0.2, 0.25) is 0 Å². The molecule has 0 heterocycles. The molecule has 2 N–H and O–H groups in total. The molecule has 0 saturated heterocycles. The standard InChI is InChI=1S/C10H11BrINO2/c1-6(5-14)13-10(15)8-4-7(12)2-3-9(8)11/h2-4,6,14H,5H2,1H3,(H,13,15). The molecule has 1 unspecified atom stereocenters. The number of carbonyl (C=O) groups is 1. The zero-order chi connectivity index (χ0) is 11.4. The van der Waals surface area contributed by atoms with Crippen LogP contribution in [0.25, 0.3) is 0 Å². The Morgan fingerprint density at radius 2 is 2.33 bits per heavy atom. The molecule has 0 radical (unpaired) electrons. The van der Waals surface area contributed by atoms with Crippen LogP contribution >= 0.6 is 38.5 Å². The van der Waals surface area contributed by atoms with Gasteiger partial charge in [0, 0.05) is 14.1 Å². The van der Waals surface area contributed by atoms with Crippen molar-refractivity contribution in [2.45, 2.75) is 13.0 Å². The van der Waals surface area contributed by atoms with Crippen LogP contribution in [0.3, 0.4) is 0 Å². The third-order valence-electron chi connectivity index (χ3n) is 1.82.